The molecule has 0 radical (unpaired) electrons. The summed E-state index contributed by atoms with van der Waals surface area (Å²) in [7, 11) is -3.78. The van der Waals surface area contributed by atoms with Crippen molar-refractivity contribution in [2.24, 2.45) is 5.14 Å². The molecule has 0 amide bonds. The van der Waals surface area contributed by atoms with E-state index in [1.165, 1.54) is 23.9 Å². The third kappa shape index (κ3) is 4.72. The lowest BCUT2D eigenvalue weighted by Gasteiger charge is -2.04. The molecular formula is C19H16ClN7O3S2. The number of sulfonamides is 1. The molecule has 10 nitrogen and oxygen atoms in total. The fraction of sp³-hybridized carbons (Fsp3) is 0.105. The predicted octanol–water partition coefficient (Wildman–Crippen LogP) is 2.64. The van der Waals surface area contributed by atoms with Crippen molar-refractivity contribution in [3.05, 3.63) is 64.8 Å². The average molecular weight is 490 g/mol. The lowest BCUT2D eigenvalue weighted by Crippen LogP contribution is -2.12. The standard InChI is InChI=1S/C19H16ClN7O3S2/c1-11-17(23-26-27(11)14-6-8-15(9-7-14)32(21,29)30)18-22-19(25-24-18)31-10-16(28)12-2-4-13(20)5-3-12/h2-9H,10H2,1H3,(H2,21,29,30)(H,22,24,25). The third-order valence-corrected chi connectivity index (χ3v) is 6.52. The van der Waals surface area contributed by atoms with Gasteiger partial charge in [0.15, 0.2) is 17.3 Å². The van der Waals surface area contributed by atoms with Crippen molar-refractivity contribution < 1.29 is 13.2 Å². The van der Waals surface area contributed by atoms with Gasteiger partial charge in [-0.25, -0.2) is 18.2 Å². The number of hydrogen-bond acceptors (Lipinski definition) is 8. The second kappa shape index (κ2) is 8.82. The molecule has 13 heteroatoms. The smallest absolute Gasteiger partial charge is 0.238 e. The van der Waals surface area contributed by atoms with E-state index in [2.05, 4.69) is 25.5 Å². The molecule has 2 aromatic carbocycles. The number of carbonyl (C=O) groups is 1. The van der Waals surface area contributed by atoms with E-state index in [9.17, 15) is 13.2 Å². The third-order valence-electron chi connectivity index (χ3n) is 4.49. The van der Waals surface area contributed by atoms with E-state index >= 15 is 0 Å². The van der Waals surface area contributed by atoms with Crippen LogP contribution in [0.4, 0.5) is 0 Å². The van der Waals surface area contributed by atoms with Crippen LogP contribution in [0.15, 0.2) is 58.6 Å². The van der Waals surface area contributed by atoms with Crippen LogP contribution in [0, 0.1) is 6.92 Å². The quantitative estimate of drug-likeness (QED) is 0.297. The van der Waals surface area contributed by atoms with E-state index in [4.69, 9.17) is 16.7 Å². The first-order valence-electron chi connectivity index (χ1n) is 9.12. The van der Waals surface area contributed by atoms with Gasteiger partial charge in [0, 0.05) is 10.6 Å². The summed E-state index contributed by atoms with van der Waals surface area (Å²) < 4.78 is 24.4. The first-order chi connectivity index (χ1) is 15.2. The van der Waals surface area contributed by atoms with Crippen molar-refractivity contribution in [3.63, 3.8) is 0 Å². The second-order valence-corrected chi connectivity index (χ2v) is 9.60. The number of aromatic amines is 1. The van der Waals surface area contributed by atoms with Gasteiger partial charge in [0.2, 0.25) is 15.2 Å². The number of nitrogens with one attached hydrogen (secondary N) is 1. The van der Waals surface area contributed by atoms with Crippen LogP contribution in [-0.2, 0) is 10.0 Å². The molecule has 0 fully saturated rings. The Balaban J connectivity index is 1.48. The fourth-order valence-corrected chi connectivity index (χ4v) is 4.17. The number of carbonyl (C=O) groups excluding carboxylic acids is 1. The van der Waals surface area contributed by atoms with Crippen molar-refractivity contribution in [2.75, 3.05) is 5.75 Å². The molecule has 0 saturated carbocycles. The Morgan fingerprint density at radius 1 is 1.16 bits per heavy atom. The molecule has 4 aromatic rings. The topological polar surface area (TPSA) is 150 Å². The van der Waals surface area contributed by atoms with Gasteiger partial charge in [-0.2, -0.15) is 4.98 Å². The predicted molar refractivity (Wildman–Crippen MR) is 119 cm³/mol. The van der Waals surface area contributed by atoms with Crippen LogP contribution in [-0.4, -0.2) is 50.1 Å². The lowest BCUT2D eigenvalue weighted by atomic mass is 10.1. The minimum atomic E-state index is -3.78. The molecule has 2 aromatic heterocycles. The van der Waals surface area contributed by atoms with Crippen molar-refractivity contribution in [2.45, 2.75) is 17.0 Å². The van der Waals surface area contributed by atoms with Gasteiger partial charge in [0.25, 0.3) is 0 Å². The molecule has 0 aliphatic rings. The average Bonchev–Trinajstić information content (AvgIpc) is 3.38. The van der Waals surface area contributed by atoms with Gasteiger partial charge in [0.05, 0.1) is 22.0 Å². The molecule has 0 aliphatic heterocycles. The highest BCUT2D eigenvalue weighted by molar-refractivity contribution is 7.99. The van der Waals surface area contributed by atoms with Gasteiger partial charge >= 0.3 is 0 Å². The van der Waals surface area contributed by atoms with Crippen LogP contribution in [0.25, 0.3) is 17.2 Å². The summed E-state index contributed by atoms with van der Waals surface area (Å²) in [5.74, 6) is 0.500. The first-order valence-corrected chi connectivity index (χ1v) is 12.0. The number of ketones is 1. The maximum Gasteiger partial charge on any atom is 0.238 e. The van der Waals surface area contributed by atoms with Crippen molar-refractivity contribution in [1.82, 2.24) is 30.2 Å². The maximum atomic E-state index is 12.3. The van der Waals surface area contributed by atoms with Crippen molar-refractivity contribution >= 4 is 39.2 Å². The number of primary sulfonamides is 1. The van der Waals surface area contributed by atoms with E-state index in [1.54, 1.807) is 48.0 Å². The number of benzene rings is 2. The number of rotatable bonds is 7. The van der Waals surface area contributed by atoms with Crippen LogP contribution >= 0.6 is 23.4 Å². The number of hydrogen-bond donors (Lipinski definition) is 2. The molecular weight excluding hydrogens is 474 g/mol. The highest BCUT2D eigenvalue weighted by Crippen LogP contribution is 2.23. The Hall–Kier alpha value is -3.06. The summed E-state index contributed by atoms with van der Waals surface area (Å²) >= 11 is 7.04. The van der Waals surface area contributed by atoms with E-state index in [0.717, 1.165) is 0 Å². The van der Waals surface area contributed by atoms with Crippen molar-refractivity contribution in [3.8, 4) is 17.2 Å². The number of halogens is 1. The van der Waals surface area contributed by atoms with Crippen LogP contribution in [0.1, 0.15) is 16.1 Å². The molecule has 164 valence electrons. The Labute approximate surface area is 192 Å². The molecule has 4 rings (SSSR count). The van der Waals surface area contributed by atoms with Crippen LogP contribution in [0.5, 0.6) is 0 Å². The summed E-state index contributed by atoms with van der Waals surface area (Å²) in [5, 5.41) is 21.3. The number of Topliss-reactive ketones (excluding diaryl/α,β-unsaturated/α-hetero) is 1. The van der Waals surface area contributed by atoms with Gasteiger partial charge in [-0.15, -0.1) is 10.2 Å². The van der Waals surface area contributed by atoms with Crippen molar-refractivity contribution in [1.29, 1.82) is 0 Å². The molecule has 2 heterocycles. The minimum absolute atomic E-state index is 0.00397. The molecule has 0 spiro atoms. The number of H-pyrrole nitrogens is 1. The van der Waals surface area contributed by atoms with Crippen LogP contribution in [0.2, 0.25) is 5.02 Å². The molecule has 0 bridgehead atoms. The summed E-state index contributed by atoms with van der Waals surface area (Å²) in [6.45, 7) is 1.79. The van der Waals surface area contributed by atoms with E-state index < -0.39 is 10.0 Å². The van der Waals surface area contributed by atoms with Gasteiger partial charge in [-0.1, -0.05) is 28.6 Å². The number of aromatic nitrogens is 6. The maximum absolute atomic E-state index is 12.3. The van der Waals surface area contributed by atoms with Crippen LogP contribution < -0.4 is 5.14 Å². The SMILES string of the molecule is Cc1c(-c2nc(SCC(=O)c3ccc(Cl)cc3)n[nH]2)nnn1-c1ccc(S(N)(=O)=O)cc1. The van der Waals surface area contributed by atoms with E-state index in [-0.39, 0.29) is 16.4 Å². The van der Waals surface area contributed by atoms with E-state index in [0.29, 0.717) is 38.6 Å². The highest BCUT2D eigenvalue weighted by atomic mass is 35.5. The first kappa shape index (κ1) is 22.1. The zero-order valence-electron chi connectivity index (χ0n) is 16.6. The summed E-state index contributed by atoms with van der Waals surface area (Å²) in [6.07, 6.45) is 0. The fourth-order valence-electron chi connectivity index (χ4n) is 2.84. The molecule has 0 atom stereocenters. The molecule has 0 unspecified atom stereocenters. The number of nitrogens with zero attached hydrogens (tertiary/aromatic N) is 5. The van der Waals surface area contributed by atoms with Gasteiger partial charge in [0.1, 0.15) is 0 Å². The Morgan fingerprint density at radius 3 is 2.50 bits per heavy atom. The monoisotopic (exact) mass is 489 g/mol. The lowest BCUT2D eigenvalue weighted by molar-refractivity contribution is 0.102. The van der Waals surface area contributed by atoms with Gasteiger partial charge in [-0.3, -0.25) is 9.89 Å². The minimum Gasteiger partial charge on any atom is -0.293 e. The Bertz CT molecular complexity index is 1380. The largest absolute Gasteiger partial charge is 0.293 e. The molecule has 32 heavy (non-hydrogen) atoms. The number of nitrogens with two attached hydrogens (primary N) is 1. The van der Waals surface area contributed by atoms with Crippen LogP contribution in [0.3, 0.4) is 0 Å². The molecule has 0 saturated heterocycles. The zero-order valence-corrected chi connectivity index (χ0v) is 18.9. The second-order valence-electron chi connectivity index (χ2n) is 6.66. The number of thioether (sulfide) groups is 1. The summed E-state index contributed by atoms with van der Waals surface area (Å²) in [4.78, 5) is 16.7. The zero-order chi connectivity index (χ0) is 22.9. The Morgan fingerprint density at radius 2 is 1.84 bits per heavy atom. The van der Waals surface area contributed by atoms with E-state index in [1.807, 2.05) is 0 Å². The summed E-state index contributed by atoms with van der Waals surface area (Å²) in [5.41, 5.74) is 2.31. The molecule has 3 N–H and O–H groups in total. The van der Waals surface area contributed by atoms with Gasteiger partial charge in [-0.05, 0) is 55.5 Å². The van der Waals surface area contributed by atoms with Gasteiger partial charge < -0.3 is 0 Å². The summed E-state index contributed by atoms with van der Waals surface area (Å²) in [6, 6.07) is 12.6. The Kier molecular flexibility index (Phi) is 6.11. The normalized spacial score (nSPS) is 11.6. The highest BCUT2D eigenvalue weighted by Gasteiger charge is 2.17. The molecule has 0 aliphatic carbocycles.